The zero-order valence-corrected chi connectivity index (χ0v) is 21.0. The summed E-state index contributed by atoms with van der Waals surface area (Å²) in [5.74, 6) is 0.747. The summed E-state index contributed by atoms with van der Waals surface area (Å²) in [4.78, 5) is 2.35. The van der Waals surface area contributed by atoms with Crippen LogP contribution in [0.5, 0.6) is 5.75 Å². The van der Waals surface area contributed by atoms with Gasteiger partial charge in [0.15, 0.2) is 9.84 Å². The van der Waals surface area contributed by atoms with Crippen LogP contribution in [0.15, 0.2) is 53.4 Å². The van der Waals surface area contributed by atoms with E-state index in [4.69, 9.17) is 10.5 Å². The second kappa shape index (κ2) is 12.3. The lowest BCUT2D eigenvalue weighted by Gasteiger charge is -2.22. The highest BCUT2D eigenvalue weighted by Crippen LogP contribution is 2.18. The highest BCUT2D eigenvalue weighted by Gasteiger charge is 2.15. The van der Waals surface area contributed by atoms with Crippen LogP contribution >= 0.6 is 0 Å². The number of sulfonamides is 1. The van der Waals surface area contributed by atoms with Gasteiger partial charge < -0.3 is 20.7 Å². The smallest absolute Gasteiger partial charge is 0.229 e. The summed E-state index contributed by atoms with van der Waals surface area (Å²) in [7, 11) is -2.87. The molecule has 1 unspecified atom stereocenters. The molecule has 0 amide bonds. The number of likely N-dealkylation sites (N-methyl/N-ethyl adjacent to an activating group) is 1. The van der Waals surface area contributed by atoms with Gasteiger partial charge in [0.25, 0.3) is 0 Å². The topological polar surface area (TPSA) is 131 Å². The van der Waals surface area contributed by atoms with Crippen LogP contribution in [-0.4, -0.2) is 74.1 Å². The minimum Gasteiger partial charge on any atom is -0.492 e. The van der Waals surface area contributed by atoms with E-state index in [2.05, 4.69) is 10.0 Å². The summed E-state index contributed by atoms with van der Waals surface area (Å²) in [5, 5.41) is 2.95. The third kappa shape index (κ3) is 9.68. The number of rotatable bonds is 14. The molecule has 0 aromatic heterocycles. The molecule has 0 saturated heterocycles. The van der Waals surface area contributed by atoms with Crippen LogP contribution < -0.4 is 20.5 Å². The molecule has 0 spiro atoms. The van der Waals surface area contributed by atoms with Gasteiger partial charge in [0, 0.05) is 24.8 Å². The number of ether oxygens (including phenoxy) is 1. The monoisotopic (exact) mass is 498 g/mol. The number of hydrogen-bond acceptors (Lipinski definition) is 8. The molecule has 0 aliphatic carbocycles. The van der Waals surface area contributed by atoms with E-state index < -0.39 is 19.9 Å². The molecular weight excluding hydrogens is 464 g/mol. The summed E-state index contributed by atoms with van der Waals surface area (Å²) in [6.45, 7) is 2.31. The summed E-state index contributed by atoms with van der Waals surface area (Å²) in [5.41, 5.74) is 7.65. The van der Waals surface area contributed by atoms with Crippen LogP contribution in [-0.2, 0) is 19.9 Å². The van der Waals surface area contributed by atoms with Gasteiger partial charge in [-0.2, -0.15) is 0 Å². The van der Waals surface area contributed by atoms with Crippen LogP contribution in [0.25, 0.3) is 0 Å². The lowest BCUT2D eigenvalue weighted by Crippen LogP contribution is -2.32. The second-order valence-corrected chi connectivity index (χ2v) is 11.8. The Kier molecular flexibility index (Phi) is 10.1. The molecule has 0 saturated carbocycles. The molecule has 2 rings (SSSR count). The van der Waals surface area contributed by atoms with Gasteiger partial charge in [-0.25, -0.2) is 16.8 Å². The zero-order chi connectivity index (χ0) is 24.5. The maximum atomic E-state index is 12.4. The molecule has 0 radical (unpaired) electrons. The summed E-state index contributed by atoms with van der Waals surface area (Å²) in [6, 6.07) is 13.2. The van der Waals surface area contributed by atoms with Gasteiger partial charge >= 0.3 is 0 Å². The molecule has 33 heavy (non-hydrogen) atoms. The average Bonchev–Trinajstić information content (AvgIpc) is 2.74. The van der Waals surface area contributed by atoms with Gasteiger partial charge in [-0.15, -0.1) is 0 Å². The first kappa shape index (κ1) is 27.1. The van der Waals surface area contributed by atoms with E-state index in [0.717, 1.165) is 11.8 Å². The van der Waals surface area contributed by atoms with Crippen LogP contribution in [0, 0.1) is 0 Å². The number of hydrogen-bond donors (Lipinski definition) is 3. The molecular formula is C22H34N4O5S2. The normalized spacial score (nSPS) is 13.1. The summed E-state index contributed by atoms with van der Waals surface area (Å²) in [6.07, 6.45) is 1.66. The van der Waals surface area contributed by atoms with Crippen molar-refractivity contribution in [3.63, 3.8) is 0 Å². The highest BCUT2D eigenvalue weighted by atomic mass is 32.2. The minimum atomic E-state index is -3.31. The van der Waals surface area contributed by atoms with Gasteiger partial charge in [0.1, 0.15) is 12.4 Å². The van der Waals surface area contributed by atoms with E-state index in [1.165, 1.54) is 0 Å². The van der Waals surface area contributed by atoms with Crippen molar-refractivity contribution in [3.8, 4) is 5.75 Å². The van der Waals surface area contributed by atoms with E-state index in [0.29, 0.717) is 49.0 Å². The molecule has 4 N–H and O–H groups in total. The molecule has 0 aliphatic heterocycles. The van der Waals surface area contributed by atoms with Crippen LogP contribution in [0.4, 0.5) is 5.69 Å². The van der Waals surface area contributed by atoms with E-state index >= 15 is 0 Å². The molecule has 0 heterocycles. The molecule has 1 atom stereocenters. The Hall–Kier alpha value is -2.18. The first-order valence-corrected chi connectivity index (χ1v) is 14.2. The van der Waals surface area contributed by atoms with Crippen molar-refractivity contribution in [2.24, 2.45) is 5.73 Å². The van der Waals surface area contributed by atoms with Crippen molar-refractivity contribution in [1.29, 1.82) is 0 Å². The Labute approximate surface area is 197 Å². The van der Waals surface area contributed by atoms with Crippen molar-refractivity contribution >= 4 is 25.5 Å². The summed E-state index contributed by atoms with van der Waals surface area (Å²) < 4.78 is 55.3. The standard InChI is InChI=1S/C22H34N4O5S2/c1-24-13-4-16-33(29,30)21-11-5-18(6-12-21)22(23)17-26(2)14-15-31-20-9-7-19(8-10-20)25-32(3,27)28/h5-12,22,24-25H,4,13-17,23H2,1-3H3. The molecule has 9 nitrogen and oxygen atoms in total. The second-order valence-electron chi connectivity index (χ2n) is 7.96. The largest absolute Gasteiger partial charge is 0.492 e. The number of anilines is 1. The van der Waals surface area contributed by atoms with Crippen molar-refractivity contribution in [3.05, 3.63) is 54.1 Å². The number of nitrogens with zero attached hydrogens (tertiary/aromatic N) is 1. The number of nitrogens with two attached hydrogens (primary N) is 1. The SMILES string of the molecule is CNCCCS(=O)(=O)c1ccc(C(N)CN(C)CCOc2ccc(NS(C)(=O)=O)cc2)cc1. The lowest BCUT2D eigenvalue weighted by molar-refractivity contribution is 0.229. The fraction of sp³-hybridized carbons (Fsp3) is 0.455. The quantitative estimate of drug-likeness (QED) is 0.334. The third-order valence-electron chi connectivity index (χ3n) is 4.91. The van der Waals surface area contributed by atoms with Crippen LogP contribution in [0.1, 0.15) is 18.0 Å². The predicted octanol–water partition coefficient (Wildman–Crippen LogP) is 1.45. The average molecular weight is 499 g/mol. The Morgan fingerprint density at radius 1 is 1.03 bits per heavy atom. The third-order valence-corrected chi connectivity index (χ3v) is 7.34. The molecule has 0 aliphatic rings. The Balaban J connectivity index is 1.80. The number of benzene rings is 2. The van der Waals surface area contributed by atoms with Crippen molar-refractivity contribution in [2.75, 3.05) is 57.1 Å². The highest BCUT2D eigenvalue weighted by molar-refractivity contribution is 7.92. The number of nitrogens with one attached hydrogen (secondary N) is 2. The van der Waals surface area contributed by atoms with E-state index in [1.807, 2.05) is 11.9 Å². The molecule has 0 bridgehead atoms. The number of sulfone groups is 1. The van der Waals surface area contributed by atoms with Gasteiger partial charge in [-0.3, -0.25) is 4.72 Å². The maximum Gasteiger partial charge on any atom is 0.229 e. The van der Waals surface area contributed by atoms with Crippen molar-refractivity contribution in [2.45, 2.75) is 17.4 Å². The fourth-order valence-corrected chi connectivity index (χ4v) is 5.04. The molecule has 11 heteroatoms. The first-order chi connectivity index (χ1) is 15.5. The van der Waals surface area contributed by atoms with Gasteiger partial charge in [0.2, 0.25) is 10.0 Å². The Morgan fingerprint density at radius 3 is 2.24 bits per heavy atom. The predicted molar refractivity (Wildman–Crippen MR) is 132 cm³/mol. The van der Waals surface area contributed by atoms with Gasteiger partial charge in [0.05, 0.1) is 16.9 Å². The van der Waals surface area contributed by atoms with E-state index in [9.17, 15) is 16.8 Å². The fourth-order valence-electron chi connectivity index (χ4n) is 3.16. The molecule has 2 aromatic carbocycles. The molecule has 2 aromatic rings. The lowest BCUT2D eigenvalue weighted by atomic mass is 10.1. The van der Waals surface area contributed by atoms with Crippen LogP contribution in [0.3, 0.4) is 0 Å². The maximum absolute atomic E-state index is 12.4. The van der Waals surface area contributed by atoms with Crippen LogP contribution in [0.2, 0.25) is 0 Å². The Morgan fingerprint density at radius 2 is 1.67 bits per heavy atom. The van der Waals surface area contributed by atoms with Crippen molar-refractivity contribution in [1.82, 2.24) is 10.2 Å². The zero-order valence-electron chi connectivity index (χ0n) is 19.3. The first-order valence-electron chi connectivity index (χ1n) is 10.6. The van der Waals surface area contributed by atoms with Gasteiger partial charge in [-0.1, -0.05) is 12.1 Å². The van der Waals surface area contributed by atoms with Crippen molar-refractivity contribution < 1.29 is 21.6 Å². The van der Waals surface area contributed by atoms with Gasteiger partial charge in [-0.05, 0) is 69.0 Å². The molecule has 0 fully saturated rings. The molecule has 184 valence electrons. The summed E-state index contributed by atoms with van der Waals surface area (Å²) >= 11 is 0. The Bertz CT molecular complexity index is 1070. The van der Waals surface area contributed by atoms with E-state index in [-0.39, 0.29) is 11.8 Å². The van der Waals surface area contributed by atoms with E-state index in [1.54, 1.807) is 55.6 Å². The minimum absolute atomic E-state index is 0.110.